The third-order valence-electron chi connectivity index (χ3n) is 4.07. The number of furan rings is 1. The average molecular weight is 394 g/mol. The zero-order valence-electron chi connectivity index (χ0n) is 15.6. The first kappa shape index (κ1) is 19.8. The van der Waals surface area contributed by atoms with Crippen molar-refractivity contribution in [2.75, 3.05) is 16.8 Å². The number of anilines is 1. The van der Waals surface area contributed by atoms with Crippen LogP contribution in [-0.2, 0) is 9.59 Å². The van der Waals surface area contributed by atoms with Crippen LogP contribution in [0.1, 0.15) is 22.9 Å². The molecule has 28 heavy (non-hydrogen) atoms. The Bertz CT molecular complexity index is 893. The molecular weight excluding hydrogens is 372 g/mol. The minimum Gasteiger partial charge on any atom is -0.467 e. The van der Waals surface area contributed by atoms with Crippen molar-refractivity contribution in [3.63, 3.8) is 0 Å². The summed E-state index contributed by atoms with van der Waals surface area (Å²) >= 11 is 1.27. The van der Waals surface area contributed by atoms with Crippen molar-refractivity contribution in [3.8, 4) is 0 Å². The summed E-state index contributed by atoms with van der Waals surface area (Å²) in [6.07, 6.45) is 1.58. The van der Waals surface area contributed by atoms with E-state index in [1.165, 1.54) is 11.8 Å². The first-order valence-electron chi connectivity index (χ1n) is 8.94. The molecule has 3 rings (SSSR count). The van der Waals surface area contributed by atoms with E-state index in [0.29, 0.717) is 5.76 Å². The van der Waals surface area contributed by atoms with Gasteiger partial charge in [0.05, 0.1) is 17.8 Å². The van der Waals surface area contributed by atoms with Gasteiger partial charge in [-0.1, -0.05) is 48.0 Å². The Labute approximate surface area is 168 Å². The molecule has 0 bridgehead atoms. The lowest BCUT2D eigenvalue weighted by atomic mass is 10.0. The molecule has 5 nitrogen and oxygen atoms in total. The molecule has 0 radical (unpaired) electrons. The van der Waals surface area contributed by atoms with Crippen LogP contribution in [0, 0.1) is 6.92 Å². The largest absolute Gasteiger partial charge is 0.467 e. The molecule has 0 saturated carbocycles. The number of aryl methyl sites for hydroxylation is 1. The number of thioether (sulfide) groups is 1. The molecule has 2 aromatic carbocycles. The Morgan fingerprint density at radius 3 is 2.32 bits per heavy atom. The van der Waals surface area contributed by atoms with Gasteiger partial charge in [-0.05, 0) is 36.8 Å². The highest BCUT2D eigenvalue weighted by Crippen LogP contribution is 2.22. The fourth-order valence-corrected chi connectivity index (χ4v) is 3.32. The summed E-state index contributed by atoms with van der Waals surface area (Å²) < 4.78 is 5.48. The first-order chi connectivity index (χ1) is 13.6. The maximum Gasteiger partial charge on any atom is 0.234 e. The van der Waals surface area contributed by atoms with Crippen LogP contribution in [0.15, 0.2) is 77.4 Å². The molecule has 2 N–H and O–H groups in total. The molecule has 0 saturated heterocycles. The van der Waals surface area contributed by atoms with Gasteiger partial charge in [0.15, 0.2) is 0 Å². The molecule has 3 aromatic rings. The molecule has 144 valence electrons. The normalized spacial score (nSPS) is 11.6. The second kappa shape index (κ2) is 9.80. The van der Waals surface area contributed by atoms with Gasteiger partial charge in [0.25, 0.3) is 0 Å². The van der Waals surface area contributed by atoms with Gasteiger partial charge in [-0.15, -0.1) is 11.8 Å². The first-order valence-corrected chi connectivity index (χ1v) is 10.1. The van der Waals surface area contributed by atoms with Crippen LogP contribution in [0.3, 0.4) is 0 Å². The third kappa shape index (κ3) is 5.76. The van der Waals surface area contributed by atoms with Crippen LogP contribution >= 0.6 is 11.8 Å². The molecule has 0 aliphatic heterocycles. The number of nitrogens with one attached hydrogen (secondary N) is 2. The molecule has 6 heteroatoms. The van der Waals surface area contributed by atoms with Crippen molar-refractivity contribution in [1.29, 1.82) is 0 Å². The minimum absolute atomic E-state index is 0.132. The Hall–Kier alpha value is -2.99. The van der Waals surface area contributed by atoms with Gasteiger partial charge in [0.1, 0.15) is 11.8 Å². The van der Waals surface area contributed by atoms with E-state index >= 15 is 0 Å². The van der Waals surface area contributed by atoms with Crippen LogP contribution in [0.2, 0.25) is 0 Å². The van der Waals surface area contributed by atoms with Crippen LogP contribution in [0.4, 0.5) is 5.69 Å². The van der Waals surface area contributed by atoms with Gasteiger partial charge < -0.3 is 15.1 Å². The fourth-order valence-electron chi connectivity index (χ4n) is 2.69. The van der Waals surface area contributed by atoms with Crippen molar-refractivity contribution >= 4 is 29.3 Å². The van der Waals surface area contributed by atoms with E-state index in [1.54, 1.807) is 12.3 Å². The van der Waals surface area contributed by atoms with E-state index in [4.69, 9.17) is 4.42 Å². The second-order valence-corrected chi connectivity index (χ2v) is 7.32. The molecule has 0 aliphatic rings. The molecule has 0 aliphatic carbocycles. The number of rotatable bonds is 8. The molecule has 0 fully saturated rings. The number of benzene rings is 2. The Morgan fingerprint density at radius 1 is 0.929 bits per heavy atom. The summed E-state index contributed by atoms with van der Waals surface area (Å²) in [6.45, 7) is 1.99. The van der Waals surface area contributed by atoms with Crippen molar-refractivity contribution in [2.45, 2.75) is 13.0 Å². The monoisotopic (exact) mass is 394 g/mol. The van der Waals surface area contributed by atoms with E-state index < -0.39 is 0 Å². The molecule has 0 spiro atoms. The highest BCUT2D eigenvalue weighted by Gasteiger charge is 2.19. The highest BCUT2D eigenvalue weighted by atomic mass is 32.2. The van der Waals surface area contributed by atoms with E-state index in [2.05, 4.69) is 10.6 Å². The van der Waals surface area contributed by atoms with Crippen LogP contribution in [0.25, 0.3) is 0 Å². The Balaban J connectivity index is 1.49. The number of hydrogen-bond acceptors (Lipinski definition) is 4. The van der Waals surface area contributed by atoms with Gasteiger partial charge in [-0.3, -0.25) is 9.59 Å². The highest BCUT2D eigenvalue weighted by molar-refractivity contribution is 8.00. The quantitative estimate of drug-likeness (QED) is 0.602. The SMILES string of the molecule is Cc1ccc(NC(=O)CSCC(=O)NC(c2ccccc2)c2ccco2)cc1. The van der Waals surface area contributed by atoms with Crippen LogP contribution in [0.5, 0.6) is 0 Å². The molecule has 2 amide bonds. The van der Waals surface area contributed by atoms with Gasteiger partial charge in [-0.2, -0.15) is 0 Å². The molecule has 1 unspecified atom stereocenters. The Morgan fingerprint density at radius 2 is 1.64 bits per heavy atom. The summed E-state index contributed by atoms with van der Waals surface area (Å²) in [4.78, 5) is 24.4. The summed E-state index contributed by atoms with van der Waals surface area (Å²) in [6, 6.07) is 20.5. The lowest BCUT2D eigenvalue weighted by Gasteiger charge is -2.17. The maximum absolute atomic E-state index is 12.4. The van der Waals surface area contributed by atoms with E-state index in [-0.39, 0.29) is 29.4 Å². The van der Waals surface area contributed by atoms with Crippen molar-refractivity contribution in [3.05, 3.63) is 89.9 Å². The second-order valence-electron chi connectivity index (χ2n) is 6.33. The third-order valence-corrected chi connectivity index (χ3v) is 5.00. The number of hydrogen-bond donors (Lipinski definition) is 2. The summed E-state index contributed by atoms with van der Waals surface area (Å²) in [5.41, 5.74) is 2.82. The predicted octanol–water partition coefficient (Wildman–Crippen LogP) is 4.17. The summed E-state index contributed by atoms with van der Waals surface area (Å²) in [5.74, 6) is 0.774. The number of amides is 2. The van der Waals surface area contributed by atoms with Crippen LogP contribution < -0.4 is 10.6 Å². The van der Waals surface area contributed by atoms with Crippen LogP contribution in [-0.4, -0.2) is 23.3 Å². The zero-order valence-corrected chi connectivity index (χ0v) is 16.4. The number of carbonyl (C=O) groups excluding carboxylic acids is 2. The lowest BCUT2D eigenvalue weighted by Crippen LogP contribution is -2.31. The predicted molar refractivity (Wildman–Crippen MR) is 112 cm³/mol. The molecular formula is C22H22N2O3S. The number of carbonyl (C=O) groups is 2. The molecule has 1 aromatic heterocycles. The van der Waals surface area contributed by atoms with Gasteiger partial charge in [-0.25, -0.2) is 0 Å². The summed E-state index contributed by atoms with van der Waals surface area (Å²) in [7, 11) is 0. The van der Waals surface area contributed by atoms with Gasteiger partial charge in [0, 0.05) is 5.69 Å². The van der Waals surface area contributed by atoms with Gasteiger partial charge in [0.2, 0.25) is 11.8 Å². The topological polar surface area (TPSA) is 71.3 Å². The zero-order chi connectivity index (χ0) is 19.8. The van der Waals surface area contributed by atoms with Crippen molar-refractivity contribution in [2.24, 2.45) is 0 Å². The summed E-state index contributed by atoms with van der Waals surface area (Å²) in [5, 5.41) is 5.81. The molecule has 1 heterocycles. The van der Waals surface area contributed by atoms with Crippen molar-refractivity contribution < 1.29 is 14.0 Å². The fraction of sp³-hybridized carbons (Fsp3) is 0.182. The minimum atomic E-state index is -0.356. The maximum atomic E-state index is 12.4. The van der Waals surface area contributed by atoms with Gasteiger partial charge >= 0.3 is 0 Å². The van der Waals surface area contributed by atoms with E-state index in [0.717, 1.165) is 16.8 Å². The lowest BCUT2D eigenvalue weighted by molar-refractivity contribution is -0.119. The average Bonchev–Trinajstić information content (AvgIpc) is 3.23. The van der Waals surface area contributed by atoms with E-state index in [1.807, 2.05) is 67.6 Å². The Kier molecular flexibility index (Phi) is 6.92. The molecule has 1 atom stereocenters. The smallest absolute Gasteiger partial charge is 0.234 e. The standard InChI is InChI=1S/C22H22N2O3S/c1-16-9-11-18(12-10-16)23-20(25)14-28-15-21(26)24-22(19-8-5-13-27-19)17-6-3-2-4-7-17/h2-13,22H,14-15H2,1H3,(H,23,25)(H,24,26). The van der Waals surface area contributed by atoms with E-state index in [9.17, 15) is 9.59 Å². The van der Waals surface area contributed by atoms with Crippen molar-refractivity contribution in [1.82, 2.24) is 5.32 Å².